The molecule has 2 aromatic heterocycles. The summed E-state index contributed by atoms with van der Waals surface area (Å²) in [6, 6.07) is 20.3. The van der Waals surface area contributed by atoms with Crippen LogP contribution in [0.2, 0.25) is 0 Å². The average molecular weight is 485 g/mol. The number of aromatic nitrogens is 4. The lowest BCUT2D eigenvalue weighted by Crippen LogP contribution is -2.18. The molecule has 35 heavy (non-hydrogen) atoms. The van der Waals surface area contributed by atoms with Gasteiger partial charge in [-0.25, -0.2) is 0 Å². The quantitative estimate of drug-likeness (QED) is 0.354. The Labute approximate surface area is 209 Å². The van der Waals surface area contributed by atoms with Gasteiger partial charge in [0.25, 0.3) is 0 Å². The predicted octanol–water partition coefficient (Wildman–Crippen LogP) is 5.03. The summed E-state index contributed by atoms with van der Waals surface area (Å²) in [5.74, 6) is 0.912. The number of thioether (sulfide) groups is 1. The number of aryl methyl sites for hydroxylation is 1. The van der Waals surface area contributed by atoms with Gasteiger partial charge in [-0.05, 0) is 61.2 Å². The molecule has 1 aliphatic rings. The Morgan fingerprint density at radius 1 is 1.03 bits per heavy atom. The largest absolute Gasteiger partial charge is 0.372 e. The molecule has 2 aromatic carbocycles. The maximum atomic E-state index is 12.8. The van der Waals surface area contributed by atoms with E-state index in [-0.39, 0.29) is 11.7 Å². The number of pyridine rings is 1. The van der Waals surface area contributed by atoms with Crippen molar-refractivity contribution in [2.45, 2.75) is 31.5 Å². The van der Waals surface area contributed by atoms with Gasteiger partial charge in [-0.15, -0.1) is 10.2 Å². The maximum absolute atomic E-state index is 12.8. The van der Waals surface area contributed by atoms with E-state index in [4.69, 9.17) is 0 Å². The fourth-order valence-electron chi connectivity index (χ4n) is 4.29. The van der Waals surface area contributed by atoms with E-state index in [0.717, 1.165) is 41.3 Å². The monoisotopic (exact) mass is 484 g/mol. The minimum Gasteiger partial charge on any atom is -0.372 e. The third kappa shape index (κ3) is 5.54. The zero-order valence-electron chi connectivity index (χ0n) is 19.7. The Kier molecular flexibility index (Phi) is 7.09. The van der Waals surface area contributed by atoms with Crippen molar-refractivity contribution in [3.8, 4) is 11.4 Å². The van der Waals surface area contributed by atoms with E-state index >= 15 is 0 Å². The molecule has 3 heterocycles. The molecule has 0 aliphatic carbocycles. The van der Waals surface area contributed by atoms with Gasteiger partial charge in [0, 0.05) is 42.4 Å². The molecule has 0 saturated carbocycles. The molecule has 8 heteroatoms. The van der Waals surface area contributed by atoms with Crippen molar-refractivity contribution < 1.29 is 4.79 Å². The molecule has 4 aromatic rings. The van der Waals surface area contributed by atoms with Crippen LogP contribution in [0.4, 0.5) is 11.4 Å². The fourth-order valence-corrected chi connectivity index (χ4v) is 5.03. The third-order valence-corrected chi connectivity index (χ3v) is 7.07. The number of hydrogen-bond donors (Lipinski definition) is 1. The standard InChI is InChI=1S/C27H28N6OS/c1-20-16-23(32-14-5-6-15-32)11-12-24(20)29-25(34)19-35-27-31-30-26(22-10-7-13-28-17-22)33(27)18-21-8-3-2-4-9-21/h2-4,7-13,16-17H,5-6,14-15,18-19H2,1H3,(H,29,34). The van der Waals surface area contributed by atoms with Gasteiger partial charge in [0.05, 0.1) is 12.3 Å². The number of amides is 1. The Bertz CT molecular complexity index is 1290. The molecule has 5 rings (SSSR count). The fraction of sp³-hybridized carbons (Fsp3) is 0.259. The summed E-state index contributed by atoms with van der Waals surface area (Å²) in [5.41, 5.74) is 5.17. The predicted molar refractivity (Wildman–Crippen MR) is 141 cm³/mol. The first-order valence-corrected chi connectivity index (χ1v) is 12.8. The maximum Gasteiger partial charge on any atom is 0.234 e. The van der Waals surface area contributed by atoms with Crippen molar-refractivity contribution >= 4 is 29.0 Å². The summed E-state index contributed by atoms with van der Waals surface area (Å²) in [7, 11) is 0. The number of benzene rings is 2. The lowest BCUT2D eigenvalue weighted by atomic mass is 10.1. The van der Waals surface area contributed by atoms with Gasteiger partial charge in [-0.2, -0.15) is 0 Å². The molecule has 0 radical (unpaired) electrons. The van der Waals surface area contributed by atoms with Gasteiger partial charge in [-0.3, -0.25) is 14.3 Å². The van der Waals surface area contributed by atoms with Crippen molar-refractivity contribution in [3.05, 3.63) is 84.2 Å². The molecular weight excluding hydrogens is 456 g/mol. The highest BCUT2D eigenvalue weighted by molar-refractivity contribution is 7.99. The lowest BCUT2D eigenvalue weighted by molar-refractivity contribution is -0.113. The van der Waals surface area contributed by atoms with Crippen LogP contribution in [0.25, 0.3) is 11.4 Å². The van der Waals surface area contributed by atoms with Gasteiger partial charge >= 0.3 is 0 Å². The Balaban J connectivity index is 1.29. The number of carbonyl (C=O) groups is 1. The topological polar surface area (TPSA) is 75.9 Å². The number of rotatable bonds is 8. The minimum atomic E-state index is -0.0655. The zero-order valence-corrected chi connectivity index (χ0v) is 20.5. The summed E-state index contributed by atoms with van der Waals surface area (Å²) >= 11 is 1.39. The van der Waals surface area contributed by atoms with Crippen LogP contribution in [0.5, 0.6) is 0 Å². The minimum absolute atomic E-state index is 0.0655. The first-order valence-electron chi connectivity index (χ1n) is 11.8. The molecule has 0 spiro atoms. The summed E-state index contributed by atoms with van der Waals surface area (Å²) in [4.78, 5) is 19.4. The van der Waals surface area contributed by atoms with Crippen LogP contribution in [0, 0.1) is 6.92 Å². The van der Waals surface area contributed by atoms with Crippen LogP contribution >= 0.6 is 11.8 Å². The van der Waals surface area contributed by atoms with Crippen LogP contribution < -0.4 is 10.2 Å². The highest BCUT2D eigenvalue weighted by Crippen LogP contribution is 2.27. The van der Waals surface area contributed by atoms with E-state index < -0.39 is 0 Å². The second kappa shape index (κ2) is 10.7. The van der Waals surface area contributed by atoms with Crippen LogP contribution in [-0.2, 0) is 11.3 Å². The molecule has 1 amide bonds. The molecule has 1 N–H and O–H groups in total. The first kappa shape index (κ1) is 23.1. The van der Waals surface area contributed by atoms with Crippen molar-refractivity contribution in [1.29, 1.82) is 0 Å². The van der Waals surface area contributed by atoms with E-state index in [0.29, 0.717) is 11.7 Å². The van der Waals surface area contributed by atoms with Crippen LogP contribution in [0.1, 0.15) is 24.0 Å². The Morgan fingerprint density at radius 3 is 2.60 bits per heavy atom. The van der Waals surface area contributed by atoms with Gasteiger partial charge in [0.15, 0.2) is 11.0 Å². The SMILES string of the molecule is Cc1cc(N2CCCC2)ccc1NC(=O)CSc1nnc(-c2cccnc2)n1Cc1ccccc1. The number of anilines is 2. The molecule has 7 nitrogen and oxygen atoms in total. The van der Waals surface area contributed by atoms with Gasteiger partial charge in [0.2, 0.25) is 5.91 Å². The number of carbonyl (C=O) groups excluding carboxylic acids is 1. The molecule has 0 atom stereocenters. The van der Waals surface area contributed by atoms with E-state index in [1.165, 1.54) is 30.3 Å². The second-order valence-electron chi connectivity index (χ2n) is 8.65. The zero-order chi connectivity index (χ0) is 24.0. The molecule has 1 fully saturated rings. The van der Waals surface area contributed by atoms with Gasteiger partial charge < -0.3 is 10.2 Å². The van der Waals surface area contributed by atoms with Crippen LogP contribution in [0.15, 0.2) is 78.2 Å². The molecule has 1 saturated heterocycles. The summed E-state index contributed by atoms with van der Waals surface area (Å²) in [6.45, 7) is 4.86. The summed E-state index contributed by atoms with van der Waals surface area (Å²) in [6.07, 6.45) is 6.00. The van der Waals surface area contributed by atoms with Crippen LogP contribution in [-0.4, -0.2) is 44.5 Å². The number of nitrogens with zero attached hydrogens (tertiary/aromatic N) is 5. The number of hydrogen-bond acceptors (Lipinski definition) is 6. The van der Waals surface area contributed by atoms with E-state index in [2.05, 4.69) is 49.7 Å². The normalized spacial score (nSPS) is 13.2. The van der Waals surface area contributed by atoms with Gasteiger partial charge in [-0.1, -0.05) is 42.1 Å². The molecule has 0 unspecified atom stereocenters. The molecule has 178 valence electrons. The molecular formula is C27H28N6OS. The molecule has 0 bridgehead atoms. The second-order valence-corrected chi connectivity index (χ2v) is 9.59. The van der Waals surface area contributed by atoms with E-state index in [1.807, 2.05) is 47.9 Å². The van der Waals surface area contributed by atoms with Crippen molar-refractivity contribution in [2.75, 3.05) is 29.1 Å². The Morgan fingerprint density at radius 2 is 1.86 bits per heavy atom. The van der Waals surface area contributed by atoms with Crippen molar-refractivity contribution in [2.24, 2.45) is 0 Å². The first-order chi connectivity index (χ1) is 17.2. The highest BCUT2D eigenvalue weighted by Gasteiger charge is 2.17. The molecule has 1 aliphatic heterocycles. The lowest BCUT2D eigenvalue weighted by Gasteiger charge is -2.19. The van der Waals surface area contributed by atoms with E-state index in [1.54, 1.807) is 12.4 Å². The summed E-state index contributed by atoms with van der Waals surface area (Å²) in [5, 5.41) is 12.6. The van der Waals surface area contributed by atoms with E-state index in [9.17, 15) is 4.79 Å². The smallest absolute Gasteiger partial charge is 0.234 e. The number of nitrogens with one attached hydrogen (secondary N) is 1. The third-order valence-electron chi connectivity index (χ3n) is 6.11. The average Bonchev–Trinajstić information content (AvgIpc) is 3.56. The Hall–Kier alpha value is -3.65. The highest BCUT2D eigenvalue weighted by atomic mass is 32.2. The summed E-state index contributed by atoms with van der Waals surface area (Å²) < 4.78 is 2.04. The van der Waals surface area contributed by atoms with Crippen molar-refractivity contribution in [1.82, 2.24) is 19.7 Å². The van der Waals surface area contributed by atoms with Crippen molar-refractivity contribution in [3.63, 3.8) is 0 Å². The van der Waals surface area contributed by atoms with Gasteiger partial charge in [0.1, 0.15) is 0 Å². The van der Waals surface area contributed by atoms with Crippen LogP contribution in [0.3, 0.4) is 0 Å².